The minimum Gasteiger partial charge on any atom is -0.496 e. The third-order valence-electron chi connectivity index (χ3n) is 8.07. The van der Waals surface area contributed by atoms with Crippen LogP contribution < -0.4 is 14.8 Å². The van der Waals surface area contributed by atoms with Crippen molar-refractivity contribution in [2.45, 2.75) is 59.1 Å². The number of amides is 1. The Morgan fingerprint density at radius 3 is 2.45 bits per heavy atom. The molecule has 0 radical (unpaired) electrons. The number of fused-ring (bicyclic) bond motifs is 1. The van der Waals surface area contributed by atoms with E-state index in [0.717, 1.165) is 36.3 Å². The van der Waals surface area contributed by atoms with Crippen molar-refractivity contribution in [3.05, 3.63) is 23.8 Å². The van der Waals surface area contributed by atoms with Crippen molar-refractivity contribution >= 4 is 5.91 Å². The molecule has 0 aromatic heterocycles. The zero-order valence-corrected chi connectivity index (χ0v) is 18.6. The second kappa shape index (κ2) is 7.19. The van der Waals surface area contributed by atoms with Crippen molar-refractivity contribution in [3.63, 3.8) is 0 Å². The summed E-state index contributed by atoms with van der Waals surface area (Å²) in [7, 11) is 3.40. The summed E-state index contributed by atoms with van der Waals surface area (Å²) in [5.41, 5.74) is 1.17. The maximum Gasteiger partial charge on any atom is 0.222 e. The van der Waals surface area contributed by atoms with Gasteiger partial charge >= 0.3 is 0 Å². The second-order valence-electron chi connectivity index (χ2n) is 10.0. The summed E-state index contributed by atoms with van der Waals surface area (Å²) in [4.78, 5) is 12.7. The number of carbonyl (C=O) groups excluding carboxylic acids is 1. The summed E-state index contributed by atoms with van der Waals surface area (Å²) < 4.78 is 17.8. The van der Waals surface area contributed by atoms with E-state index < -0.39 is 0 Å². The molecule has 5 atom stereocenters. The normalized spacial score (nSPS) is 34.7. The van der Waals surface area contributed by atoms with Crippen LogP contribution in [0.4, 0.5) is 0 Å². The monoisotopic (exact) mass is 401 g/mol. The molecule has 5 heteroatoms. The predicted molar refractivity (Wildman–Crippen MR) is 112 cm³/mol. The predicted octanol–water partition coefficient (Wildman–Crippen LogP) is 4.36. The van der Waals surface area contributed by atoms with Gasteiger partial charge in [0.25, 0.3) is 0 Å². The summed E-state index contributed by atoms with van der Waals surface area (Å²) in [5.74, 6) is 2.70. The van der Waals surface area contributed by atoms with Crippen molar-refractivity contribution in [2.24, 2.45) is 28.6 Å². The molecule has 0 unspecified atom stereocenters. The molecule has 160 valence electrons. The van der Waals surface area contributed by atoms with E-state index in [4.69, 9.17) is 14.2 Å². The van der Waals surface area contributed by atoms with E-state index in [9.17, 15) is 4.79 Å². The first-order valence-corrected chi connectivity index (χ1v) is 10.9. The zero-order valence-electron chi connectivity index (χ0n) is 18.6. The molecule has 1 N–H and O–H groups in total. The minimum absolute atomic E-state index is 0.00951. The summed E-state index contributed by atoms with van der Waals surface area (Å²) in [6.45, 7) is 9.30. The fourth-order valence-electron chi connectivity index (χ4n) is 6.54. The van der Waals surface area contributed by atoms with Crippen LogP contribution in [0.15, 0.2) is 18.2 Å². The molecule has 29 heavy (non-hydrogen) atoms. The number of ether oxygens (including phenoxy) is 3. The number of carbonyl (C=O) groups is 1. The summed E-state index contributed by atoms with van der Waals surface area (Å²) in [6.07, 6.45) is 3.20. The van der Waals surface area contributed by atoms with Gasteiger partial charge in [-0.25, -0.2) is 0 Å². The first kappa shape index (κ1) is 20.5. The van der Waals surface area contributed by atoms with Gasteiger partial charge in [0.1, 0.15) is 11.5 Å². The molecule has 1 heterocycles. The SMILES string of the molecule is COc1cccc(OC)c1[C@H]1OCC[C@@]23C[C@@H](C[C@H]12)C(C)(C)[C@@H]3NC(=O)C(C)C. The van der Waals surface area contributed by atoms with Crippen LogP contribution in [-0.2, 0) is 9.53 Å². The van der Waals surface area contributed by atoms with E-state index in [0.29, 0.717) is 18.4 Å². The first-order valence-electron chi connectivity index (χ1n) is 10.9. The molecule has 1 amide bonds. The quantitative estimate of drug-likeness (QED) is 0.797. The maximum absolute atomic E-state index is 12.7. The van der Waals surface area contributed by atoms with E-state index in [1.165, 1.54) is 0 Å². The van der Waals surface area contributed by atoms with Crippen molar-refractivity contribution in [1.29, 1.82) is 0 Å². The molecular weight excluding hydrogens is 366 g/mol. The van der Waals surface area contributed by atoms with Gasteiger partial charge in [0.15, 0.2) is 0 Å². The highest BCUT2D eigenvalue weighted by molar-refractivity contribution is 5.78. The fraction of sp³-hybridized carbons (Fsp3) is 0.708. The molecule has 1 aliphatic heterocycles. The largest absolute Gasteiger partial charge is 0.496 e. The Balaban J connectivity index is 1.75. The smallest absolute Gasteiger partial charge is 0.222 e. The second-order valence-corrected chi connectivity index (χ2v) is 10.0. The third kappa shape index (κ3) is 2.96. The topological polar surface area (TPSA) is 56.8 Å². The number of rotatable bonds is 5. The van der Waals surface area contributed by atoms with Crippen molar-refractivity contribution in [2.75, 3.05) is 20.8 Å². The molecule has 2 saturated carbocycles. The van der Waals surface area contributed by atoms with Gasteiger partial charge in [0.2, 0.25) is 5.91 Å². The van der Waals surface area contributed by atoms with Crippen LogP contribution >= 0.6 is 0 Å². The summed E-state index contributed by atoms with van der Waals surface area (Å²) in [6, 6.07) is 6.09. The standard InChI is InChI=1S/C24H35NO4/c1-14(2)21(26)25-22-23(3,4)15-12-16-20(29-11-10-24(16,22)13-15)19-17(27-5)8-7-9-18(19)28-6/h7-9,14-16,20,22H,10-13H2,1-6H3,(H,25,26)/t15-,16-,20+,22+,24-/m1/s1. The highest BCUT2D eigenvalue weighted by Crippen LogP contribution is 2.71. The van der Waals surface area contributed by atoms with Crippen LogP contribution in [0.5, 0.6) is 11.5 Å². The lowest BCUT2D eigenvalue weighted by atomic mass is 9.58. The van der Waals surface area contributed by atoms with E-state index in [1.54, 1.807) is 14.2 Å². The van der Waals surface area contributed by atoms with Gasteiger partial charge in [-0.2, -0.15) is 0 Å². The van der Waals surface area contributed by atoms with Crippen molar-refractivity contribution in [3.8, 4) is 11.5 Å². The van der Waals surface area contributed by atoms with E-state index in [-0.39, 0.29) is 34.8 Å². The number of hydrogen-bond donors (Lipinski definition) is 1. The van der Waals surface area contributed by atoms with Gasteiger partial charge in [0, 0.05) is 18.6 Å². The van der Waals surface area contributed by atoms with Gasteiger partial charge in [-0.15, -0.1) is 0 Å². The van der Waals surface area contributed by atoms with E-state index in [1.807, 2.05) is 32.0 Å². The molecule has 1 saturated heterocycles. The summed E-state index contributed by atoms with van der Waals surface area (Å²) in [5, 5.41) is 3.46. The minimum atomic E-state index is -0.0746. The van der Waals surface area contributed by atoms with E-state index in [2.05, 4.69) is 19.2 Å². The molecule has 5 nitrogen and oxygen atoms in total. The lowest BCUT2D eigenvalue weighted by Crippen LogP contribution is -2.59. The van der Waals surface area contributed by atoms with Gasteiger partial charge in [-0.05, 0) is 54.1 Å². The molecule has 1 aromatic carbocycles. The Kier molecular flexibility index (Phi) is 5.09. The van der Waals surface area contributed by atoms with Crippen LogP contribution in [-0.4, -0.2) is 32.8 Å². The van der Waals surface area contributed by atoms with Crippen LogP contribution in [0.1, 0.15) is 58.6 Å². The number of nitrogens with one attached hydrogen (secondary N) is 1. The maximum atomic E-state index is 12.7. The number of hydrogen-bond acceptors (Lipinski definition) is 4. The molecule has 4 rings (SSSR count). The Labute approximate surface area is 174 Å². The van der Waals surface area contributed by atoms with Crippen molar-refractivity contribution in [1.82, 2.24) is 5.32 Å². The molecule has 2 aliphatic carbocycles. The van der Waals surface area contributed by atoms with Crippen LogP contribution in [0.3, 0.4) is 0 Å². The van der Waals surface area contributed by atoms with Crippen molar-refractivity contribution < 1.29 is 19.0 Å². The average Bonchev–Trinajstić information content (AvgIpc) is 3.19. The average molecular weight is 402 g/mol. The Hall–Kier alpha value is -1.75. The molecule has 3 fully saturated rings. The Morgan fingerprint density at radius 2 is 1.86 bits per heavy atom. The molecule has 1 spiro atoms. The van der Waals surface area contributed by atoms with Gasteiger partial charge in [-0.1, -0.05) is 33.8 Å². The highest BCUT2D eigenvalue weighted by Gasteiger charge is 2.68. The van der Waals surface area contributed by atoms with Crippen LogP contribution in [0.2, 0.25) is 0 Å². The molecule has 1 aromatic rings. The molecular formula is C24H35NO4. The van der Waals surface area contributed by atoms with Gasteiger partial charge in [0.05, 0.1) is 25.9 Å². The van der Waals surface area contributed by atoms with Gasteiger partial charge < -0.3 is 19.5 Å². The lowest BCUT2D eigenvalue weighted by molar-refractivity contribution is -0.139. The summed E-state index contributed by atoms with van der Waals surface area (Å²) >= 11 is 0. The molecule has 2 bridgehead atoms. The van der Waals surface area contributed by atoms with Crippen LogP contribution in [0.25, 0.3) is 0 Å². The zero-order chi connectivity index (χ0) is 21.0. The highest BCUT2D eigenvalue weighted by atomic mass is 16.5. The number of methoxy groups -OCH3 is 2. The lowest BCUT2D eigenvalue weighted by Gasteiger charge is -2.53. The molecule has 3 aliphatic rings. The van der Waals surface area contributed by atoms with Gasteiger partial charge in [-0.3, -0.25) is 4.79 Å². The Bertz CT molecular complexity index is 767. The third-order valence-corrected chi connectivity index (χ3v) is 8.07. The fourth-order valence-corrected chi connectivity index (χ4v) is 6.54. The van der Waals surface area contributed by atoms with Crippen LogP contribution in [0, 0.1) is 28.6 Å². The Morgan fingerprint density at radius 1 is 1.21 bits per heavy atom. The number of benzene rings is 1. The first-order chi connectivity index (χ1) is 13.8. The van der Waals surface area contributed by atoms with E-state index >= 15 is 0 Å².